The molecule has 0 aliphatic carbocycles. The topological polar surface area (TPSA) is 125 Å². The number of allylic oxidation sites excluding steroid dienone is 1. The Bertz CT molecular complexity index is 1230. The fraction of sp³-hybridized carbons (Fsp3) is 0.588. The molecule has 0 saturated carbocycles. The summed E-state index contributed by atoms with van der Waals surface area (Å²) in [6.45, 7) is 13.8. The van der Waals surface area contributed by atoms with Crippen LogP contribution in [0.2, 0.25) is 0 Å². The van der Waals surface area contributed by atoms with Crippen LogP contribution in [0.15, 0.2) is 55.6 Å². The van der Waals surface area contributed by atoms with Crippen molar-refractivity contribution in [2.75, 3.05) is 26.3 Å². The van der Waals surface area contributed by atoms with E-state index in [4.69, 9.17) is 9.47 Å². The van der Waals surface area contributed by atoms with E-state index >= 15 is 0 Å². The van der Waals surface area contributed by atoms with Gasteiger partial charge in [-0.1, -0.05) is 42.5 Å². The Morgan fingerprint density at radius 2 is 1.93 bits per heavy atom. The number of rotatable bonds is 15. The molecule has 3 aliphatic heterocycles. The van der Waals surface area contributed by atoms with Gasteiger partial charge in [0.1, 0.15) is 18.2 Å². The first-order chi connectivity index (χ1) is 21.0. The Morgan fingerprint density at radius 3 is 2.57 bits per heavy atom. The fourth-order valence-electron chi connectivity index (χ4n) is 6.98. The Balaban J connectivity index is 1.64. The highest BCUT2D eigenvalue weighted by Gasteiger charge is 2.74. The molecule has 240 valence electrons. The third-order valence-corrected chi connectivity index (χ3v) is 9.01. The van der Waals surface area contributed by atoms with Crippen molar-refractivity contribution in [1.29, 1.82) is 0 Å². The first-order valence-electron chi connectivity index (χ1n) is 15.6. The second kappa shape index (κ2) is 14.1. The van der Waals surface area contributed by atoms with E-state index < -0.39 is 47.1 Å². The second-order valence-electron chi connectivity index (χ2n) is 12.9. The summed E-state index contributed by atoms with van der Waals surface area (Å²) in [5, 5.41) is 12.5. The van der Waals surface area contributed by atoms with Crippen molar-refractivity contribution in [3.63, 3.8) is 0 Å². The van der Waals surface area contributed by atoms with Crippen LogP contribution in [-0.2, 0) is 28.7 Å². The number of aliphatic hydroxyl groups excluding tert-OH is 1. The lowest BCUT2D eigenvalue weighted by Crippen LogP contribution is -2.60. The van der Waals surface area contributed by atoms with Gasteiger partial charge in [-0.15, -0.1) is 13.2 Å². The maximum absolute atomic E-state index is 14.4. The molecule has 0 unspecified atom stereocenters. The molecular formula is C34H47N3O7. The van der Waals surface area contributed by atoms with Gasteiger partial charge in [0.25, 0.3) is 0 Å². The van der Waals surface area contributed by atoms with Gasteiger partial charge in [-0.3, -0.25) is 19.2 Å². The molecule has 10 heteroatoms. The highest BCUT2D eigenvalue weighted by atomic mass is 16.5. The molecule has 4 rings (SSSR count). The van der Waals surface area contributed by atoms with E-state index in [2.05, 4.69) is 18.5 Å². The number of unbranched alkanes of at least 4 members (excludes halogenated alkanes) is 1. The summed E-state index contributed by atoms with van der Waals surface area (Å²) in [6.07, 6.45) is 5.49. The van der Waals surface area contributed by atoms with Gasteiger partial charge in [0.05, 0.1) is 24.0 Å². The van der Waals surface area contributed by atoms with Crippen molar-refractivity contribution >= 4 is 23.7 Å². The average molecular weight is 610 g/mol. The number of benzene rings is 1. The average Bonchev–Trinajstić information content (AvgIpc) is 3.64. The zero-order valence-electron chi connectivity index (χ0n) is 26.2. The van der Waals surface area contributed by atoms with E-state index in [0.29, 0.717) is 38.6 Å². The van der Waals surface area contributed by atoms with Crippen molar-refractivity contribution in [1.82, 2.24) is 15.1 Å². The summed E-state index contributed by atoms with van der Waals surface area (Å²) in [6, 6.07) is 7.71. The van der Waals surface area contributed by atoms with Crippen LogP contribution in [0.1, 0.15) is 70.9 Å². The van der Waals surface area contributed by atoms with Crippen LogP contribution in [0.5, 0.6) is 0 Å². The molecule has 44 heavy (non-hydrogen) atoms. The fourth-order valence-corrected chi connectivity index (χ4v) is 6.98. The zero-order valence-corrected chi connectivity index (χ0v) is 26.2. The standard InChI is InChI=1S/C34H47N3O7/c1-6-8-16-26(39)43-22-24(23-14-10-9-11-15-23)35-30(40)27-25-17-18-34(44-25)28(27)31(41)36(20-12-13-21-38)29(34)32(42)37(19-7-2)33(3,4)5/h6-7,9-11,14-15,24-25,27-29,38H,1-2,8,12-13,16-22H2,3-5H3,(H,35,40)/t24-,25-,27+,28+,29-,34+/m0/s1. The van der Waals surface area contributed by atoms with Crippen molar-refractivity contribution in [2.45, 2.75) is 88.6 Å². The monoisotopic (exact) mass is 609 g/mol. The van der Waals surface area contributed by atoms with Gasteiger partial charge in [-0.05, 0) is 58.4 Å². The Morgan fingerprint density at radius 1 is 1.20 bits per heavy atom. The third kappa shape index (κ3) is 6.61. The van der Waals surface area contributed by atoms with Gasteiger partial charge in [-0.2, -0.15) is 0 Å². The number of ether oxygens (including phenoxy) is 2. The summed E-state index contributed by atoms with van der Waals surface area (Å²) in [4.78, 5) is 58.3. The Kier molecular flexibility index (Phi) is 10.7. The van der Waals surface area contributed by atoms with E-state index in [0.717, 1.165) is 5.56 Å². The van der Waals surface area contributed by atoms with Crippen molar-refractivity contribution in [3.8, 4) is 0 Å². The van der Waals surface area contributed by atoms with E-state index in [1.165, 1.54) is 0 Å². The molecule has 1 aromatic rings. The number of carbonyl (C=O) groups excluding carboxylic acids is 4. The third-order valence-electron chi connectivity index (χ3n) is 9.01. The van der Waals surface area contributed by atoms with Crippen LogP contribution in [0.4, 0.5) is 0 Å². The zero-order chi connectivity index (χ0) is 32.1. The lowest BCUT2D eigenvalue weighted by Gasteiger charge is -2.42. The van der Waals surface area contributed by atoms with Crippen LogP contribution < -0.4 is 5.32 Å². The minimum atomic E-state index is -1.13. The number of amides is 3. The molecule has 3 aliphatic rings. The Labute approximate surface area is 260 Å². The number of esters is 1. The minimum absolute atomic E-state index is 0.0254. The van der Waals surface area contributed by atoms with Crippen LogP contribution in [0.3, 0.4) is 0 Å². The van der Waals surface area contributed by atoms with E-state index in [1.807, 2.05) is 51.1 Å². The molecule has 1 spiro atoms. The summed E-state index contributed by atoms with van der Waals surface area (Å²) >= 11 is 0. The van der Waals surface area contributed by atoms with Crippen LogP contribution in [0, 0.1) is 11.8 Å². The summed E-state index contributed by atoms with van der Waals surface area (Å²) in [7, 11) is 0. The van der Waals surface area contributed by atoms with E-state index in [1.54, 1.807) is 22.0 Å². The number of nitrogens with zero attached hydrogens (tertiary/aromatic N) is 2. The van der Waals surface area contributed by atoms with Gasteiger partial charge in [0, 0.05) is 31.7 Å². The van der Waals surface area contributed by atoms with Crippen LogP contribution in [0.25, 0.3) is 0 Å². The van der Waals surface area contributed by atoms with Gasteiger partial charge in [0.15, 0.2) is 0 Å². The predicted octanol–water partition coefficient (Wildman–Crippen LogP) is 3.31. The summed E-state index contributed by atoms with van der Waals surface area (Å²) in [5.74, 6) is -2.90. The van der Waals surface area contributed by atoms with Crippen molar-refractivity contribution in [3.05, 3.63) is 61.2 Å². The first kappa shape index (κ1) is 33.4. The number of fused-ring (bicyclic) bond motifs is 1. The maximum atomic E-state index is 14.4. The smallest absolute Gasteiger partial charge is 0.306 e. The number of carbonyl (C=O) groups is 4. The second-order valence-corrected chi connectivity index (χ2v) is 12.9. The molecule has 2 N–H and O–H groups in total. The molecular weight excluding hydrogens is 562 g/mol. The lowest BCUT2D eigenvalue weighted by molar-refractivity contribution is -0.151. The minimum Gasteiger partial charge on any atom is -0.463 e. The van der Waals surface area contributed by atoms with Gasteiger partial charge < -0.3 is 29.7 Å². The lowest BCUT2D eigenvalue weighted by atomic mass is 9.70. The molecule has 3 fully saturated rings. The highest BCUT2D eigenvalue weighted by Crippen LogP contribution is 2.58. The molecule has 0 radical (unpaired) electrons. The molecule has 2 bridgehead atoms. The predicted molar refractivity (Wildman–Crippen MR) is 165 cm³/mol. The summed E-state index contributed by atoms with van der Waals surface area (Å²) in [5.41, 5.74) is -0.915. The number of nitrogens with one attached hydrogen (secondary N) is 1. The van der Waals surface area contributed by atoms with Crippen molar-refractivity contribution < 1.29 is 33.8 Å². The van der Waals surface area contributed by atoms with Gasteiger partial charge >= 0.3 is 5.97 Å². The number of hydrogen-bond donors (Lipinski definition) is 2. The molecule has 10 nitrogen and oxygen atoms in total. The summed E-state index contributed by atoms with van der Waals surface area (Å²) < 4.78 is 12.1. The number of aliphatic hydroxyl groups is 1. The number of hydrogen-bond acceptors (Lipinski definition) is 7. The maximum Gasteiger partial charge on any atom is 0.306 e. The normalized spacial score (nSPS) is 26.2. The van der Waals surface area contributed by atoms with E-state index in [-0.39, 0.29) is 43.9 Å². The molecule has 1 aromatic carbocycles. The van der Waals surface area contributed by atoms with Crippen molar-refractivity contribution in [2.24, 2.45) is 11.8 Å². The SMILES string of the molecule is C=CCCC(=O)OC[C@H](NC(=O)[C@@H]1[C@@H]2CC[C@]3(O2)[C@H](C(=O)N(CC=C)C(C)(C)C)N(CCCCO)C(=O)[C@@H]13)c1ccccc1. The molecule has 0 aromatic heterocycles. The Hall–Kier alpha value is -3.50. The number of likely N-dealkylation sites (tertiary alicyclic amines) is 1. The van der Waals surface area contributed by atoms with Crippen LogP contribution in [-0.4, -0.2) is 88.2 Å². The quantitative estimate of drug-likeness (QED) is 0.178. The highest BCUT2D eigenvalue weighted by molar-refractivity contribution is 5.99. The van der Waals surface area contributed by atoms with Gasteiger partial charge in [0.2, 0.25) is 17.7 Å². The largest absolute Gasteiger partial charge is 0.463 e. The first-order valence-corrected chi connectivity index (χ1v) is 15.6. The molecule has 3 heterocycles. The molecule has 6 atom stereocenters. The van der Waals surface area contributed by atoms with Crippen LogP contribution >= 0.6 is 0 Å². The van der Waals surface area contributed by atoms with Gasteiger partial charge in [-0.25, -0.2) is 0 Å². The van der Waals surface area contributed by atoms with E-state index in [9.17, 15) is 24.3 Å². The molecule has 3 saturated heterocycles. The molecule has 3 amide bonds.